The summed E-state index contributed by atoms with van der Waals surface area (Å²) < 4.78 is 15.2. The molecular formula is C19H15FN4O2. The lowest BCUT2D eigenvalue weighted by Gasteiger charge is -2.10. The van der Waals surface area contributed by atoms with Crippen molar-refractivity contribution in [2.45, 2.75) is 12.5 Å². The smallest absolute Gasteiger partial charge is 0.251 e. The molecule has 0 spiro atoms. The number of carbonyl (C=O) groups excluding carboxylic acids is 2. The molecule has 2 amide bonds. The predicted molar refractivity (Wildman–Crippen MR) is 95.0 cm³/mol. The van der Waals surface area contributed by atoms with E-state index in [0.29, 0.717) is 5.82 Å². The predicted octanol–water partition coefficient (Wildman–Crippen LogP) is 3.21. The van der Waals surface area contributed by atoms with Crippen LogP contribution in [0.25, 0.3) is 11.1 Å². The first kappa shape index (κ1) is 16.0. The Morgan fingerprint density at radius 3 is 2.65 bits per heavy atom. The van der Waals surface area contributed by atoms with Crippen molar-refractivity contribution in [3.8, 4) is 11.1 Å². The Bertz CT molecular complexity index is 984. The van der Waals surface area contributed by atoms with Crippen LogP contribution in [0, 0.1) is 5.82 Å². The van der Waals surface area contributed by atoms with Crippen LogP contribution in [0.3, 0.4) is 0 Å². The van der Waals surface area contributed by atoms with Crippen LogP contribution in [0.4, 0.5) is 15.9 Å². The molecule has 0 radical (unpaired) electrons. The Balaban J connectivity index is 1.55. The number of amides is 2. The maximum Gasteiger partial charge on any atom is 0.251 e. The minimum Gasteiger partial charge on any atom is -0.324 e. The van der Waals surface area contributed by atoms with Crippen molar-refractivity contribution in [1.29, 1.82) is 0 Å². The molecule has 26 heavy (non-hydrogen) atoms. The molecule has 2 N–H and O–H groups in total. The zero-order valence-electron chi connectivity index (χ0n) is 13.6. The first-order valence-corrected chi connectivity index (χ1v) is 8.11. The second kappa shape index (κ2) is 6.44. The van der Waals surface area contributed by atoms with Crippen LogP contribution in [0.1, 0.15) is 12.5 Å². The van der Waals surface area contributed by atoms with Crippen LogP contribution < -0.4 is 10.6 Å². The molecular weight excluding hydrogens is 335 g/mol. The van der Waals surface area contributed by atoms with Gasteiger partial charge in [-0.15, -0.1) is 0 Å². The molecule has 1 aromatic heterocycles. The summed E-state index contributed by atoms with van der Waals surface area (Å²) in [6.45, 7) is 0. The molecule has 2 heterocycles. The standard InChI is InChI=1S/C19H15FN4O2/c20-14-8-4-5-9-15(14)22-17(25)10-16-19(26)23-18-13(11-21-24(16)18)12-6-2-1-3-7-12/h1-9,11,16H,10H2,(H,22,25)(H,23,26). The number of nitrogens with one attached hydrogen (secondary N) is 2. The number of para-hydroxylation sites is 1. The zero-order valence-corrected chi connectivity index (χ0v) is 13.6. The minimum atomic E-state index is -0.769. The number of halogens is 1. The normalized spacial score (nSPS) is 15.4. The van der Waals surface area contributed by atoms with Gasteiger partial charge in [-0.3, -0.25) is 9.59 Å². The summed E-state index contributed by atoms with van der Waals surface area (Å²) in [4.78, 5) is 24.6. The second-order valence-electron chi connectivity index (χ2n) is 5.95. The fourth-order valence-electron chi connectivity index (χ4n) is 2.98. The third kappa shape index (κ3) is 2.83. The fourth-order valence-corrected chi connectivity index (χ4v) is 2.98. The summed E-state index contributed by atoms with van der Waals surface area (Å²) in [5.74, 6) is -0.735. The van der Waals surface area contributed by atoms with Crippen LogP contribution in [-0.4, -0.2) is 21.6 Å². The topological polar surface area (TPSA) is 76.0 Å². The summed E-state index contributed by atoms with van der Waals surface area (Å²) >= 11 is 0. The Morgan fingerprint density at radius 2 is 1.88 bits per heavy atom. The molecule has 130 valence electrons. The van der Waals surface area contributed by atoms with Gasteiger partial charge in [-0.2, -0.15) is 5.10 Å². The molecule has 0 saturated carbocycles. The van der Waals surface area contributed by atoms with Gasteiger partial charge < -0.3 is 10.6 Å². The van der Waals surface area contributed by atoms with E-state index >= 15 is 0 Å². The Hall–Kier alpha value is -3.48. The Morgan fingerprint density at radius 1 is 1.15 bits per heavy atom. The van der Waals surface area contributed by atoms with Gasteiger partial charge in [-0.1, -0.05) is 42.5 Å². The van der Waals surface area contributed by atoms with Gasteiger partial charge >= 0.3 is 0 Å². The lowest BCUT2D eigenvalue weighted by molar-refractivity contribution is -0.123. The van der Waals surface area contributed by atoms with Crippen molar-refractivity contribution in [2.24, 2.45) is 0 Å². The lowest BCUT2D eigenvalue weighted by atomic mass is 10.1. The average molecular weight is 350 g/mol. The lowest BCUT2D eigenvalue weighted by Crippen LogP contribution is -2.23. The molecule has 0 aliphatic carbocycles. The van der Waals surface area contributed by atoms with Crippen LogP contribution in [0.15, 0.2) is 60.8 Å². The summed E-state index contributed by atoms with van der Waals surface area (Å²) in [5, 5.41) is 9.54. The number of aromatic nitrogens is 2. The number of benzene rings is 2. The van der Waals surface area contributed by atoms with Gasteiger partial charge in [0.25, 0.3) is 5.91 Å². The zero-order chi connectivity index (χ0) is 18.1. The molecule has 3 aromatic rings. The van der Waals surface area contributed by atoms with E-state index in [-0.39, 0.29) is 18.0 Å². The summed E-state index contributed by atoms with van der Waals surface area (Å²) in [6, 6.07) is 14.7. The molecule has 0 saturated heterocycles. The maximum atomic E-state index is 13.7. The van der Waals surface area contributed by atoms with Gasteiger partial charge in [0.2, 0.25) is 5.91 Å². The molecule has 6 nitrogen and oxygen atoms in total. The molecule has 7 heteroatoms. The van der Waals surface area contributed by atoms with E-state index in [9.17, 15) is 14.0 Å². The largest absolute Gasteiger partial charge is 0.324 e. The van der Waals surface area contributed by atoms with Gasteiger partial charge in [0.15, 0.2) is 0 Å². The van der Waals surface area contributed by atoms with E-state index in [1.54, 1.807) is 12.3 Å². The van der Waals surface area contributed by atoms with Gasteiger partial charge in [-0.25, -0.2) is 9.07 Å². The second-order valence-corrected chi connectivity index (χ2v) is 5.95. The molecule has 1 unspecified atom stereocenters. The van der Waals surface area contributed by atoms with E-state index in [2.05, 4.69) is 15.7 Å². The SMILES string of the molecule is O=C(CC1C(=O)Nc2c(-c3ccccc3)cnn21)Nc1ccccc1F. The van der Waals surface area contributed by atoms with Crippen molar-refractivity contribution >= 4 is 23.3 Å². The van der Waals surface area contributed by atoms with Gasteiger partial charge in [0.1, 0.15) is 17.7 Å². The fraction of sp³-hybridized carbons (Fsp3) is 0.105. The quantitative estimate of drug-likeness (QED) is 0.759. The molecule has 4 rings (SSSR count). The number of hydrogen-bond acceptors (Lipinski definition) is 3. The summed E-state index contributed by atoms with van der Waals surface area (Å²) in [6.07, 6.45) is 1.52. The minimum absolute atomic E-state index is 0.0848. The van der Waals surface area contributed by atoms with Gasteiger partial charge in [0.05, 0.1) is 18.3 Å². The van der Waals surface area contributed by atoms with E-state index in [0.717, 1.165) is 11.1 Å². The van der Waals surface area contributed by atoms with Crippen molar-refractivity contribution in [3.63, 3.8) is 0 Å². The van der Waals surface area contributed by atoms with Gasteiger partial charge in [0, 0.05) is 5.56 Å². The van der Waals surface area contributed by atoms with E-state index in [4.69, 9.17) is 0 Å². The number of nitrogens with zero attached hydrogens (tertiary/aromatic N) is 2. The molecule has 1 atom stereocenters. The van der Waals surface area contributed by atoms with Crippen molar-refractivity contribution in [1.82, 2.24) is 9.78 Å². The molecule has 0 fully saturated rings. The maximum absolute atomic E-state index is 13.7. The van der Waals surface area contributed by atoms with E-state index < -0.39 is 17.8 Å². The highest BCUT2D eigenvalue weighted by molar-refractivity contribution is 6.04. The van der Waals surface area contributed by atoms with Crippen molar-refractivity contribution in [2.75, 3.05) is 10.6 Å². The molecule has 1 aliphatic rings. The molecule has 1 aliphatic heterocycles. The molecule has 2 aromatic carbocycles. The van der Waals surface area contributed by atoms with E-state index in [1.807, 2.05) is 30.3 Å². The highest BCUT2D eigenvalue weighted by atomic mass is 19.1. The van der Waals surface area contributed by atoms with Crippen LogP contribution in [0.2, 0.25) is 0 Å². The number of carbonyl (C=O) groups is 2. The van der Waals surface area contributed by atoms with Crippen LogP contribution in [-0.2, 0) is 9.59 Å². The van der Waals surface area contributed by atoms with Crippen LogP contribution in [0.5, 0.6) is 0 Å². The van der Waals surface area contributed by atoms with E-state index in [1.165, 1.54) is 22.9 Å². The first-order valence-electron chi connectivity index (χ1n) is 8.11. The number of fused-ring (bicyclic) bond motifs is 1. The van der Waals surface area contributed by atoms with Crippen LogP contribution >= 0.6 is 0 Å². The Kier molecular flexibility index (Phi) is 3.96. The van der Waals surface area contributed by atoms with Crippen molar-refractivity contribution in [3.05, 3.63) is 66.6 Å². The average Bonchev–Trinajstić information content (AvgIpc) is 3.18. The summed E-state index contributed by atoms with van der Waals surface area (Å²) in [5.41, 5.74) is 1.79. The third-order valence-corrected chi connectivity index (χ3v) is 4.25. The molecule has 0 bridgehead atoms. The highest BCUT2D eigenvalue weighted by Gasteiger charge is 2.35. The van der Waals surface area contributed by atoms with Gasteiger partial charge in [-0.05, 0) is 17.7 Å². The first-order chi connectivity index (χ1) is 12.6. The number of anilines is 2. The monoisotopic (exact) mass is 350 g/mol. The number of rotatable bonds is 4. The number of hydrogen-bond donors (Lipinski definition) is 2. The highest BCUT2D eigenvalue weighted by Crippen LogP contribution is 2.35. The Labute approximate surface area is 148 Å². The third-order valence-electron chi connectivity index (χ3n) is 4.25. The summed E-state index contributed by atoms with van der Waals surface area (Å²) in [7, 11) is 0. The van der Waals surface area contributed by atoms with Crippen molar-refractivity contribution < 1.29 is 14.0 Å².